The second-order valence-electron chi connectivity index (χ2n) is 7.08. The molecule has 0 fully saturated rings. The molecule has 0 unspecified atom stereocenters. The summed E-state index contributed by atoms with van der Waals surface area (Å²) in [5.41, 5.74) is 3.46. The first kappa shape index (κ1) is 17.2. The van der Waals surface area contributed by atoms with Crippen molar-refractivity contribution in [1.82, 2.24) is 9.80 Å². The molecule has 2 aliphatic heterocycles. The number of oxime groups is 1. The van der Waals surface area contributed by atoms with Crippen LogP contribution in [0, 0.1) is 0 Å². The second-order valence-corrected chi connectivity index (χ2v) is 8.22. The highest BCUT2D eigenvalue weighted by molar-refractivity contribution is 7.14. The number of carbonyl (C=O) groups excluding carboxylic acids is 1. The molecule has 2 aliphatic rings. The van der Waals surface area contributed by atoms with Gasteiger partial charge in [0.1, 0.15) is 6.10 Å². The average Bonchev–Trinajstić information content (AvgIpc) is 3.28. The van der Waals surface area contributed by atoms with Gasteiger partial charge in [0.05, 0.1) is 10.6 Å². The van der Waals surface area contributed by atoms with Gasteiger partial charge in [0.25, 0.3) is 5.91 Å². The summed E-state index contributed by atoms with van der Waals surface area (Å²) in [6.45, 7) is 2.75. The van der Waals surface area contributed by atoms with Crippen LogP contribution >= 0.6 is 11.3 Å². The van der Waals surface area contributed by atoms with Crippen LogP contribution in [0.3, 0.4) is 0 Å². The first-order valence-corrected chi connectivity index (χ1v) is 9.75. The van der Waals surface area contributed by atoms with Crippen molar-refractivity contribution in [3.63, 3.8) is 0 Å². The van der Waals surface area contributed by atoms with Crippen LogP contribution in [-0.2, 0) is 17.8 Å². The van der Waals surface area contributed by atoms with Gasteiger partial charge in [-0.25, -0.2) is 0 Å². The molecule has 0 N–H and O–H groups in total. The van der Waals surface area contributed by atoms with E-state index in [9.17, 15) is 4.79 Å². The maximum absolute atomic E-state index is 12.2. The van der Waals surface area contributed by atoms with Crippen molar-refractivity contribution >= 4 is 23.0 Å². The summed E-state index contributed by atoms with van der Waals surface area (Å²) in [6, 6.07) is 12.3. The summed E-state index contributed by atoms with van der Waals surface area (Å²) in [4.78, 5) is 24.1. The number of fused-ring (bicyclic) bond motifs is 1. The lowest BCUT2D eigenvalue weighted by Gasteiger charge is -2.28. The van der Waals surface area contributed by atoms with Gasteiger partial charge in [-0.1, -0.05) is 35.5 Å². The molecule has 0 spiro atoms. The predicted molar refractivity (Wildman–Crippen MR) is 104 cm³/mol. The normalized spacial score (nSPS) is 19.6. The summed E-state index contributed by atoms with van der Waals surface area (Å²) in [7, 11) is 3.60. The number of carbonyl (C=O) groups is 1. The Bertz CT molecular complexity index is 829. The van der Waals surface area contributed by atoms with Crippen LogP contribution in [0.5, 0.6) is 0 Å². The summed E-state index contributed by atoms with van der Waals surface area (Å²) in [5, 5.41) is 4.29. The third-order valence-corrected chi connectivity index (χ3v) is 6.09. The Morgan fingerprint density at radius 2 is 2.15 bits per heavy atom. The van der Waals surface area contributed by atoms with Crippen molar-refractivity contribution in [1.29, 1.82) is 0 Å². The molecule has 2 aromatic rings. The molecule has 1 aromatic carbocycles. The summed E-state index contributed by atoms with van der Waals surface area (Å²) in [6.07, 6.45) is 1.95. The van der Waals surface area contributed by atoms with Crippen LogP contribution in [0.25, 0.3) is 0 Å². The maximum atomic E-state index is 12.2. The highest BCUT2D eigenvalue weighted by atomic mass is 32.1. The zero-order valence-electron chi connectivity index (χ0n) is 15.1. The lowest BCUT2D eigenvalue weighted by atomic mass is 10.0. The van der Waals surface area contributed by atoms with Crippen LogP contribution in [0.4, 0.5) is 0 Å². The van der Waals surface area contributed by atoms with E-state index in [2.05, 4.69) is 28.3 Å². The van der Waals surface area contributed by atoms with E-state index in [0.29, 0.717) is 0 Å². The van der Waals surface area contributed by atoms with Crippen molar-refractivity contribution in [2.45, 2.75) is 25.5 Å². The van der Waals surface area contributed by atoms with E-state index in [1.807, 2.05) is 18.2 Å². The van der Waals surface area contributed by atoms with Crippen molar-refractivity contribution in [3.8, 4) is 0 Å². The fourth-order valence-corrected chi connectivity index (χ4v) is 4.67. The predicted octanol–water partition coefficient (Wildman–Crippen LogP) is 3.00. The Labute approximate surface area is 157 Å². The fourth-order valence-electron chi connectivity index (χ4n) is 3.49. The minimum absolute atomic E-state index is 0.0935. The molecule has 0 bridgehead atoms. The molecule has 26 heavy (non-hydrogen) atoms. The van der Waals surface area contributed by atoms with Crippen LogP contribution in [0.1, 0.15) is 32.1 Å². The molecule has 1 atom stereocenters. The van der Waals surface area contributed by atoms with Gasteiger partial charge < -0.3 is 9.74 Å². The topological polar surface area (TPSA) is 45.1 Å². The van der Waals surface area contributed by atoms with E-state index in [1.54, 1.807) is 30.3 Å². The minimum Gasteiger partial charge on any atom is -0.390 e. The Balaban J connectivity index is 1.36. The number of amides is 1. The molecule has 0 saturated heterocycles. The third kappa shape index (κ3) is 3.52. The molecule has 1 aromatic heterocycles. The van der Waals surface area contributed by atoms with E-state index < -0.39 is 0 Å². The van der Waals surface area contributed by atoms with Crippen LogP contribution in [-0.4, -0.2) is 54.7 Å². The van der Waals surface area contributed by atoms with Gasteiger partial charge in [0.15, 0.2) is 0 Å². The van der Waals surface area contributed by atoms with Gasteiger partial charge in [-0.15, -0.1) is 11.3 Å². The quantitative estimate of drug-likeness (QED) is 0.832. The smallest absolute Gasteiger partial charge is 0.263 e. The number of benzene rings is 1. The largest absolute Gasteiger partial charge is 0.390 e. The number of thiophene rings is 1. The van der Waals surface area contributed by atoms with Gasteiger partial charge in [-0.2, -0.15) is 0 Å². The lowest BCUT2D eigenvalue weighted by molar-refractivity contribution is 0.0490. The highest BCUT2D eigenvalue weighted by Gasteiger charge is 2.27. The van der Waals surface area contributed by atoms with E-state index in [1.165, 1.54) is 10.4 Å². The molecule has 4 rings (SSSR count). The molecule has 6 heteroatoms. The van der Waals surface area contributed by atoms with Crippen molar-refractivity contribution in [2.75, 3.05) is 27.2 Å². The van der Waals surface area contributed by atoms with Gasteiger partial charge in [-0.05, 0) is 23.6 Å². The lowest BCUT2D eigenvalue weighted by Crippen LogP contribution is -2.36. The third-order valence-electron chi connectivity index (χ3n) is 4.86. The summed E-state index contributed by atoms with van der Waals surface area (Å²) in [5.74, 6) is 0.0935. The second kappa shape index (κ2) is 7.21. The zero-order valence-corrected chi connectivity index (χ0v) is 16.0. The van der Waals surface area contributed by atoms with Crippen LogP contribution < -0.4 is 0 Å². The monoisotopic (exact) mass is 369 g/mol. The zero-order chi connectivity index (χ0) is 18.1. The molecule has 136 valence electrons. The number of hydrogen-bond acceptors (Lipinski definition) is 5. The Hall–Kier alpha value is -2.18. The van der Waals surface area contributed by atoms with E-state index in [0.717, 1.165) is 48.6 Å². The number of hydrogen-bond donors (Lipinski definition) is 0. The van der Waals surface area contributed by atoms with Crippen molar-refractivity contribution in [2.24, 2.45) is 5.16 Å². The maximum Gasteiger partial charge on any atom is 0.263 e. The van der Waals surface area contributed by atoms with Gasteiger partial charge in [0, 0.05) is 45.0 Å². The molecule has 1 amide bonds. The molecule has 0 saturated carbocycles. The number of nitrogens with zero attached hydrogens (tertiary/aromatic N) is 3. The van der Waals surface area contributed by atoms with Crippen LogP contribution in [0.15, 0.2) is 41.6 Å². The van der Waals surface area contributed by atoms with Gasteiger partial charge >= 0.3 is 0 Å². The molecule has 0 radical (unpaired) electrons. The van der Waals surface area contributed by atoms with Crippen molar-refractivity contribution < 1.29 is 9.63 Å². The Morgan fingerprint density at radius 3 is 2.92 bits per heavy atom. The van der Waals surface area contributed by atoms with E-state index in [4.69, 9.17) is 4.84 Å². The molecule has 3 heterocycles. The van der Waals surface area contributed by atoms with Gasteiger partial charge in [0.2, 0.25) is 0 Å². The van der Waals surface area contributed by atoms with E-state index in [-0.39, 0.29) is 12.0 Å². The number of rotatable bonds is 4. The molecular weight excluding hydrogens is 346 g/mol. The first-order chi connectivity index (χ1) is 12.6. The SMILES string of the molecule is CN(C)C(=O)c1cc2c(s1)CCN(C[C@@H]1CC(c3ccccc3)=NO1)C2. The Morgan fingerprint density at radius 1 is 1.35 bits per heavy atom. The van der Waals surface area contributed by atoms with Crippen molar-refractivity contribution in [3.05, 3.63) is 57.3 Å². The molecule has 0 aliphatic carbocycles. The average molecular weight is 369 g/mol. The minimum atomic E-state index is 0.0935. The standard InChI is InChI=1S/C20H23N3O2S/c1-22(2)20(24)19-10-15-12-23(9-8-18(15)26-19)13-16-11-17(21-25-16)14-6-4-3-5-7-14/h3-7,10,16H,8-9,11-13H2,1-2H3/t16-/m0/s1. The molecule has 5 nitrogen and oxygen atoms in total. The highest BCUT2D eigenvalue weighted by Crippen LogP contribution is 2.29. The summed E-state index contributed by atoms with van der Waals surface area (Å²) < 4.78 is 0. The van der Waals surface area contributed by atoms with Crippen LogP contribution in [0.2, 0.25) is 0 Å². The van der Waals surface area contributed by atoms with E-state index >= 15 is 0 Å². The molecular formula is C20H23N3O2S. The fraction of sp³-hybridized carbons (Fsp3) is 0.400. The first-order valence-electron chi connectivity index (χ1n) is 8.94. The van der Waals surface area contributed by atoms with Gasteiger partial charge in [-0.3, -0.25) is 9.69 Å². The summed E-state index contributed by atoms with van der Waals surface area (Å²) >= 11 is 1.64. The Kier molecular flexibility index (Phi) is 4.78.